The van der Waals surface area contributed by atoms with E-state index in [0.717, 1.165) is 21.1 Å². The zero-order valence-electron chi connectivity index (χ0n) is 12.8. The van der Waals surface area contributed by atoms with Crippen molar-refractivity contribution in [3.8, 4) is 10.6 Å². The van der Waals surface area contributed by atoms with Crippen LogP contribution in [0.15, 0.2) is 47.4 Å². The third kappa shape index (κ3) is 3.55. The number of benzene rings is 1. The van der Waals surface area contributed by atoms with Gasteiger partial charge in [-0.2, -0.15) is 0 Å². The van der Waals surface area contributed by atoms with E-state index < -0.39 is 0 Å². The topological polar surface area (TPSA) is 74.8 Å². The van der Waals surface area contributed by atoms with Crippen LogP contribution in [-0.4, -0.2) is 15.9 Å². The first-order valence-corrected chi connectivity index (χ1v) is 8.42. The fourth-order valence-corrected chi connectivity index (χ4v) is 3.48. The van der Waals surface area contributed by atoms with E-state index in [2.05, 4.69) is 15.3 Å². The lowest BCUT2D eigenvalue weighted by Crippen LogP contribution is -2.23. The maximum absolute atomic E-state index is 12.1. The molecule has 122 valence electrons. The Morgan fingerprint density at radius 2 is 2.08 bits per heavy atom. The van der Waals surface area contributed by atoms with Gasteiger partial charge in [0.05, 0.1) is 22.8 Å². The van der Waals surface area contributed by atoms with E-state index in [-0.39, 0.29) is 11.5 Å². The molecule has 24 heavy (non-hydrogen) atoms. The number of nitrogens with zero attached hydrogens (tertiary/aromatic N) is 1. The molecule has 0 bridgehead atoms. The first kappa shape index (κ1) is 16.4. The van der Waals surface area contributed by atoms with Gasteiger partial charge in [0, 0.05) is 22.7 Å². The lowest BCUT2D eigenvalue weighted by molar-refractivity contribution is 0.0951. The molecular formula is C17H14ClN3O2S. The van der Waals surface area contributed by atoms with E-state index in [1.807, 2.05) is 31.2 Å². The van der Waals surface area contributed by atoms with Gasteiger partial charge in [-0.05, 0) is 19.1 Å². The van der Waals surface area contributed by atoms with Gasteiger partial charge in [0.15, 0.2) is 0 Å². The Morgan fingerprint density at radius 1 is 1.29 bits per heavy atom. The number of H-pyrrole nitrogens is 1. The number of aryl methyl sites for hydroxylation is 1. The monoisotopic (exact) mass is 359 g/mol. The molecule has 1 aromatic carbocycles. The van der Waals surface area contributed by atoms with Gasteiger partial charge in [-0.15, -0.1) is 11.3 Å². The maximum atomic E-state index is 12.1. The van der Waals surface area contributed by atoms with Crippen LogP contribution in [0.2, 0.25) is 5.02 Å². The highest BCUT2D eigenvalue weighted by Gasteiger charge is 2.13. The second-order valence-electron chi connectivity index (χ2n) is 5.13. The van der Waals surface area contributed by atoms with Crippen LogP contribution in [0, 0.1) is 6.92 Å². The minimum atomic E-state index is -0.252. The number of amides is 1. The summed E-state index contributed by atoms with van der Waals surface area (Å²) in [6.45, 7) is 2.27. The summed E-state index contributed by atoms with van der Waals surface area (Å²) in [7, 11) is 0. The Balaban J connectivity index is 1.74. The summed E-state index contributed by atoms with van der Waals surface area (Å²) in [5.41, 5.74) is 1.90. The highest BCUT2D eigenvalue weighted by molar-refractivity contribution is 7.15. The van der Waals surface area contributed by atoms with Gasteiger partial charge in [0.25, 0.3) is 5.91 Å². The standard InChI is InChI=1S/C17H14ClN3O2S/c1-10-14(9-20-16(23)11-6-7-15(22)19-8-11)24-17(21-10)12-4-2-3-5-13(12)18/h2-8H,9H2,1H3,(H,19,22)(H,20,23). The number of halogens is 1. The van der Waals surface area contributed by atoms with Crippen LogP contribution in [0.25, 0.3) is 10.6 Å². The SMILES string of the molecule is Cc1nc(-c2ccccc2Cl)sc1CNC(=O)c1ccc(=O)[nH]c1. The second-order valence-corrected chi connectivity index (χ2v) is 6.62. The molecule has 2 aromatic heterocycles. The van der Waals surface area contributed by atoms with Crippen molar-refractivity contribution in [1.82, 2.24) is 15.3 Å². The van der Waals surface area contributed by atoms with Gasteiger partial charge in [0.1, 0.15) is 5.01 Å². The Kier molecular flexibility index (Phi) is 4.78. The van der Waals surface area contributed by atoms with E-state index in [1.54, 1.807) is 0 Å². The number of rotatable bonds is 4. The normalized spacial score (nSPS) is 10.6. The molecule has 3 aromatic rings. The summed E-state index contributed by atoms with van der Waals surface area (Å²) in [4.78, 5) is 31.1. The van der Waals surface area contributed by atoms with Crippen molar-refractivity contribution in [2.75, 3.05) is 0 Å². The molecule has 0 spiro atoms. The third-order valence-corrected chi connectivity index (χ3v) is 4.97. The molecule has 0 aliphatic carbocycles. The number of aromatic amines is 1. The maximum Gasteiger partial charge on any atom is 0.253 e. The second kappa shape index (κ2) is 6.98. The lowest BCUT2D eigenvalue weighted by atomic mass is 10.2. The number of hydrogen-bond acceptors (Lipinski definition) is 4. The quantitative estimate of drug-likeness (QED) is 0.749. The van der Waals surface area contributed by atoms with Crippen LogP contribution in [0.3, 0.4) is 0 Å². The molecule has 2 N–H and O–H groups in total. The summed E-state index contributed by atoms with van der Waals surface area (Å²) in [6, 6.07) is 10.3. The van der Waals surface area contributed by atoms with Crippen molar-refractivity contribution in [2.24, 2.45) is 0 Å². The van der Waals surface area contributed by atoms with Crippen LogP contribution in [0.4, 0.5) is 0 Å². The molecule has 2 heterocycles. The van der Waals surface area contributed by atoms with Crippen molar-refractivity contribution in [1.29, 1.82) is 0 Å². The highest BCUT2D eigenvalue weighted by Crippen LogP contribution is 2.32. The van der Waals surface area contributed by atoms with Crippen LogP contribution in [0.1, 0.15) is 20.9 Å². The summed E-state index contributed by atoms with van der Waals surface area (Å²) < 4.78 is 0. The third-order valence-electron chi connectivity index (χ3n) is 3.45. The number of aromatic nitrogens is 2. The average molecular weight is 360 g/mol. The van der Waals surface area contributed by atoms with E-state index in [1.165, 1.54) is 29.7 Å². The minimum absolute atomic E-state index is 0.241. The molecule has 0 unspecified atom stereocenters. The Labute approximate surface area is 147 Å². The van der Waals surface area contributed by atoms with Gasteiger partial charge in [0.2, 0.25) is 5.56 Å². The van der Waals surface area contributed by atoms with Gasteiger partial charge in [-0.1, -0.05) is 29.8 Å². The highest BCUT2D eigenvalue weighted by atomic mass is 35.5. The average Bonchev–Trinajstić information content (AvgIpc) is 2.94. The molecule has 0 radical (unpaired) electrons. The summed E-state index contributed by atoms with van der Waals surface area (Å²) >= 11 is 7.71. The number of hydrogen-bond donors (Lipinski definition) is 2. The summed E-state index contributed by atoms with van der Waals surface area (Å²) in [5.74, 6) is -0.252. The number of carbonyl (C=O) groups is 1. The molecule has 0 saturated heterocycles. The predicted octanol–water partition coefficient (Wildman–Crippen LogP) is 3.39. The number of pyridine rings is 1. The first-order chi connectivity index (χ1) is 11.5. The van der Waals surface area contributed by atoms with Crippen LogP contribution < -0.4 is 10.9 Å². The van der Waals surface area contributed by atoms with Crippen LogP contribution in [0.5, 0.6) is 0 Å². The molecule has 5 nitrogen and oxygen atoms in total. The van der Waals surface area contributed by atoms with Crippen LogP contribution in [-0.2, 0) is 6.54 Å². The minimum Gasteiger partial charge on any atom is -0.347 e. The van der Waals surface area contributed by atoms with Crippen molar-refractivity contribution < 1.29 is 4.79 Å². The molecule has 0 aliphatic heterocycles. The molecule has 0 atom stereocenters. The molecule has 3 rings (SSSR count). The Bertz CT molecular complexity index is 929. The Morgan fingerprint density at radius 3 is 2.79 bits per heavy atom. The smallest absolute Gasteiger partial charge is 0.253 e. The van der Waals surface area contributed by atoms with Crippen molar-refractivity contribution in [2.45, 2.75) is 13.5 Å². The van der Waals surface area contributed by atoms with Gasteiger partial charge in [-0.25, -0.2) is 4.98 Å². The van der Waals surface area contributed by atoms with Crippen molar-refractivity contribution >= 4 is 28.8 Å². The summed E-state index contributed by atoms with van der Waals surface area (Å²) in [6.07, 6.45) is 1.40. The van der Waals surface area contributed by atoms with Gasteiger partial charge in [-0.3, -0.25) is 9.59 Å². The van der Waals surface area contributed by atoms with E-state index in [4.69, 9.17) is 11.6 Å². The Hall–Kier alpha value is -2.44. The lowest BCUT2D eigenvalue weighted by Gasteiger charge is -2.03. The largest absolute Gasteiger partial charge is 0.347 e. The fourth-order valence-electron chi connectivity index (χ4n) is 2.16. The van der Waals surface area contributed by atoms with E-state index in [9.17, 15) is 9.59 Å². The first-order valence-electron chi connectivity index (χ1n) is 7.23. The number of thiazole rings is 1. The zero-order valence-corrected chi connectivity index (χ0v) is 14.4. The molecule has 7 heteroatoms. The van der Waals surface area contributed by atoms with E-state index in [0.29, 0.717) is 17.1 Å². The molecule has 0 aliphatic rings. The van der Waals surface area contributed by atoms with Crippen molar-refractivity contribution in [3.63, 3.8) is 0 Å². The number of nitrogens with one attached hydrogen (secondary N) is 2. The molecule has 0 saturated carbocycles. The van der Waals surface area contributed by atoms with E-state index >= 15 is 0 Å². The van der Waals surface area contributed by atoms with Crippen LogP contribution >= 0.6 is 22.9 Å². The molecular weight excluding hydrogens is 346 g/mol. The zero-order chi connectivity index (χ0) is 17.1. The summed E-state index contributed by atoms with van der Waals surface area (Å²) in [5, 5.41) is 4.30. The predicted molar refractivity (Wildman–Crippen MR) is 95.5 cm³/mol. The van der Waals surface area contributed by atoms with Gasteiger partial charge < -0.3 is 10.3 Å². The fraction of sp³-hybridized carbons (Fsp3) is 0.118. The molecule has 0 fully saturated rings. The van der Waals surface area contributed by atoms with Gasteiger partial charge >= 0.3 is 0 Å². The van der Waals surface area contributed by atoms with Crippen molar-refractivity contribution in [3.05, 3.63) is 74.1 Å². The molecule has 1 amide bonds. The number of carbonyl (C=O) groups excluding carboxylic acids is 1.